The van der Waals surface area contributed by atoms with E-state index in [-0.39, 0.29) is 0 Å². The maximum absolute atomic E-state index is 4.53. The van der Waals surface area contributed by atoms with Crippen LogP contribution in [0.5, 0.6) is 0 Å². The first kappa shape index (κ1) is 16.4. The zero-order chi connectivity index (χ0) is 12.9. The molecule has 0 unspecified atom stereocenters. The minimum absolute atomic E-state index is 0.904. The largest absolute Gasteiger partial charge is 0.179 e. The highest BCUT2D eigenvalue weighted by atomic mass is 32.1. The monoisotopic (exact) mass is 270 g/mol. The van der Waals surface area contributed by atoms with Crippen LogP contribution in [0.25, 0.3) is 0 Å². The van der Waals surface area contributed by atoms with Crippen molar-refractivity contribution < 1.29 is 0 Å². The van der Waals surface area contributed by atoms with Crippen LogP contribution in [0.2, 0.25) is 0 Å². The summed E-state index contributed by atoms with van der Waals surface area (Å²) in [5.41, 5.74) is 0. The van der Waals surface area contributed by atoms with Crippen molar-refractivity contribution in [1.82, 2.24) is 0 Å². The van der Waals surface area contributed by atoms with Gasteiger partial charge in [-0.3, -0.25) is 0 Å². The minimum atomic E-state index is 0.904. The van der Waals surface area contributed by atoms with E-state index < -0.39 is 0 Å². The second kappa shape index (κ2) is 12.4. The topological polar surface area (TPSA) is 0 Å². The SMILES string of the molecule is SCC1CCCCCCCCCCCCCCC1. The molecule has 1 aliphatic rings. The molecule has 0 N–H and O–H groups in total. The third-order valence-electron chi connectivity index (χ3n) is 4.48. The van der Waals surface area contributed by atoms with Gasteiger partial charge in [-0.05, 0) is 24.5 Å². The Balaban J connectivity index is 2.15. The molecule has 1 heteroatoms. The summed E-state index contributed by atoms with van der Waals surface area (Å²) in [4.78, 5) is 0. The molecule has 0 heterocycles. The van der Waals surface area contributed by atoms with Gasteiger partial charge in [0, 0.05) is 0 Å². The zero-order valence-electron chi connectivity index (χ0n) is 12.3. The first-order chi connectivity index (χ1) is 8.93. The van der Waals surface area contributed by atoms with Crippen molar-refractivity contribution in [3.8, 4) is 0 Å². The van der Waals surface area contributed by atoms with Crippen molar-refractivity contribution in [2.24, 2.45) is 5.92 Å². The molecule has 0 radical (unpaired) electrons. The van der Waals surface area contributed by atoms with Crippen molar-refractivity contribution >= 4 is 12.6 Å². The van der Waals surface area contributed by atoms with Crippen molar-refractivity contribution in [2.45, 2.75) is 96.3 Å². The van der Waals surface area contributed by atoms with Crippen LogP contribution >= 0.6 is 12.6 Å². The van der Waals surface area contributed by atoms with Crippen LogP contribution in [0.3, 0.4) is 0 Å². The molecule has 0 spiro atoms. The maximum Gasteiger partial charge on any atom is -0.00695 e. The van der Waals surface area contributed by atoms with Gasteiger partial charge in [-0.2, -0.15) is 12.6 Å². The molecule has 0 aromatic carbocycles. The summed E-state index contributed by atoms with van der Waals surface area (Å²) in [7, 11) is 0. The molecular weight excluding hydrogens is 236 g/mol. The van der Waals surface area contributed by atoms with Gasteiger partial charge in [0.05, 0.1) is 0 Å². The summed E-state index contributed by atoms with van der Waals surface area (Å²) in [6.45, 7) is 0. The van der Waals surface area contributed by atoms with E-state index in [2.05, 4.69) is 12.6 Å². The Morgan fingerprint density at radius 2 is 0.778 bits per heavy atom. The van der Waals surface area contributed by atoms with Gasteiger partial charge < -0.3 is 0 Å². The highest BCUT2D eigenvalue weighted by Crippen LogP contribution is 2.21. The molecule has 1 rings (SSSR count). The van der Waals surface area contributed by atoms with Crippen molar-refractivity contribution in [1.29, 1.82) is 0 Å². The molecule has 1 saturated carbocycles. The average molecular weight is 271 g/mol. The third kappa shape index (κ3) is 9.30. The Hall–Kier alpha value is 0.350. The molecule has 108 valence electrons. The second-order valence-electron chi connectivity index (χ2n) is 6.22. The lowest BCUT2D eigenvalue weighted by Gasteiger charge is -2.14. The Morgan fingerprint density at radius 3 is 1.06 bits per heavy atom. The van der Waals surface area contributed by atoms with Gasteiger partial charge >= 0.3 is 0 Å². The molecule has 0 aromatic rings. The summed E-state index contributed by atoms with van der Waals surface area (Å²) >= 11 is 4.53. The first-order valence-corrected chi connectivity index (χ1v) is 9.17. The van der Waals surface area contributed by atoms with Gasteiger partial charge in [0.2, 0.25) is 0 Å². The molecule has 0 atom stereocenters. The predicted molar refractivity (Wildman–Crippen MR) is 86.6 cm³/mol. The highest BCUT2D eigenvalue weighted by molar-refractivity contribution is 7.80. The van der Waals surface area contributed by atoms with Gasteiger partial charge in [-0.15, -0.1) is 0 Å². The summed E-state index contributed by atoms with van der Waals surface area (Å²) in [5.74, 6) is 2.02. The number of hydrogen-bond acceptors (Lipinski definition) is 1. The quantitative estimate of drug-likeness (QED) is 0.524. The van der Waals surface area contributed by atoms with E-state index in [0.29, 0.717) is 0 Å². The fourth-order valence-electron chi connectivity index (χ4n) is 3.14. The number of hydrogen-bond donors (Lipinski definition) is 1. The van der Waals surface area contributed by atoms with Crippen LogP contribution in [0.4, 0.5) is 0 Å². The van der Waals surface area contributed by atoms with Gasteiger partial charge in [-0.25, -0.2) is 0 Å². The molecule has 1 aliphatic carbocycles. The van der Waals surface area contributed by atoms with E-state index in [1.165, 1.54) is 96.3 Å². The molecular formula is C17H34S. The summed E-state index contributed by atoms with van der Waals surface area (Å²) in [6, 6.07) is 0. The van der Waals surface area contributed by atoms with Crippen molar-refractivity contribution in [2.75, 3.05) is 5.75 Å². The van der Waals surface area contributed by atoms with Gasteiger partial charge in [0.25, 0.3) is 0 Å². The molecule has 0 amide bonds. The van der Waals surface area contributed by atoms with Crippen LogP contribution in [0.15, 0.2) is 0 Å². The van der Waals surface area contributed by atoms with E-state index >= 15 is 0 Å². The van der Waals surface area contributed by atoms with Crippen LogP contribution in [0, 0.1) is 5.92 Å². The lowest BCUT2D eigenvalue weighted by Crippen LogP contribution is -2.02. The fourth-order valence-corrected chi connectivity index (χ4v) is 3.50. The van der Waals surface area contributed by atoms with E-state index in [1.54, 1.807) is 0 Å². The Kier molecular flexibility index (Phi) is 11.3. The minimum Gasteiger partial charge on any atom is -0.179 e. The standard InChI is InChI=1S/C17H34S/c18-16-17-14-12-10-8-6-4-2-1-3-5-7-9-11-13-15-17/h17-18H,1-16H2. The predicted octanol–water partition coefficient (Wildman–Crippen LogP) is 6.40. The van der Waals surface area contributed by atoms with Crippen LogP contribution in [0.1, 0.15) is 96.3 Å². The summed E-state index contributed by atoms with van der Waals surface area (Å²) < 4.78 is 0. The van der Waals surface area contributed by atoms with E-state index in [0.717, 1.165) is 11.7 Å². The number of thiol groups is 1. The molecule has 0 nitrogen and oxygen atoms in total. The molecule has 0 aromatic heterocycles. The van der Waals surface area contributed by atoms with Crippen LogP contribution in [-0.2, 0) is 0 Å². The molecule has 0 aliphatic heterocycles. The van der Waals surface area contributed by atoms with E-state index in [1.807, 2.05) is 0 Å². The summed E-state index contributed by atoms with van der Waals surface area (Å²) in [6.07, 6.45) is 22.0. The normalized spacial score (nSPS) is 23.8. The highest BCUT2D eigenvalue weighted by Gasteiger charge is 2.06. The van der Waals surface area contributed by atoms with E-state index in [4.69, 9.17) is 0 Å². The van der Waals surface area contributed by atoms with Gasteiger partial charge in [0.1, 0.15) is 0 Å². The summed E-state index contributed by atoms with van der Waals surface area (Å²) in [5, 5.41) is 0. The van der Waals surface area contributed by atoms with Gasteiger partial charge in [-0.1, -0.05) is 83.5 Å². The Bertz CT molecular complexity index is 151. The average Bonchev–Trinajstić information content (AvgIpc) is 2.39. The third-order valence-corrected chi connectivity index (χ3v) is 5.00. The van der Waals surface area contributed by atoms with Crippen LogP contribution in [-0.4, -0.2) is 5.75 Å². The Morgan fingerprint density at radius 1 is 0.500 bits per heavy atom. The van der Waals surface area contributed by atoms with Crippen molar-refractivity contribution in [3.63, 3.8) is 0 Å². The number of rotatable bonds is 1. The fraction of sp³-hybridized carbons (Fsp3) is 1.00. The molecule has 0 saturated heterocycles. The van der Waals surface area contributed by atoms with Crippen LogP contribution < -0.4 is 0 Å². The zero-order valence-corrected chi connectivity index (χ0v) is 13.2. The Labute approximate surface area is 121 Å². The lowest BCUT2D eigenvalue weighted by atomic mass is 9.95. The smallest absolute Gasteiger partial charge is 0.00695 e. The second-order valence-corrected chi connectivity index (χ2v) is 6.59. The van der Waals surface area contributed by atoms with Crippen molar-refractivity contribution in [3.05, 3.63) is 0 Å². The molecule has 0 bridgehead atoms. The maximum atomic E-state index is 4.53. The molecule has 18 heavy (non-hydrogen) atoms. The van der Waals surface area contributed by atoms with E-state index in [9.17, 15) is 0 Å². The first-order valence-electron chi connectivity index (χ1n) is 8.54. The molecule has 1 fully saturated rings. The van der Waals surface area contributed by atoms with Gasteiger partial charge in [0.15, 0.2) is 0 Å². The lowest BCUT2D eigenvalue weighted by molar-refractivity contribution is 0.432.